The second kappa shape index (κ2) is 11.7. The van der Waals surface area contributed by atoms with Gasteiger partial charge >= 0.3 is 0 Å². The summed E-state index contributed by atoms with van der Waals surface area (Å²) in [6, 6.07) is 10.6. The van der Waals surface area contributed by atoms with Crippen LogP contribution in [0.15, 0.2) is 36.4 Å². The number of nitrogens with zero attached hydrogens (tertiary/aromatic N) is 2. The van der Waals surface area contributed by atoms with E-state index in [4.69, 9.17) is 4.74 Å². The summed E-state index contributed by atoms with van der Waals surface area (Å²) in [5.74, 6) is 0.262. The molecule has 0 aromatic heterocycles. The summed E-state index contributed by atoms with van der Waals surface area (Å²) in [7, 11) is 0. The van der Waals surface area contributed by atoms with Crippen molar-refractivity contribution in [3.8, 4) is 5.75 Å². The average Bonchev–Trinajstić information content (AvgIpc) is 3.28. The zero-order valence-electron chi connectivity index (χ0n) is 23.0. The van der Waals surface area contributed by atoms with Crippen molar-refractivity contribution in [1.29, 1.82) is 0 Å². The summed E-state index contributed by atoms with van der Waals surface area (Å²) in [5.41, 5.74) is 3.30. The van der Waals surface area contributed by atoms with Gasteiger partial charge in [-0.05, 0) is 98.0 Å². The zero-order chi connectivity index (χ0) is 27.6. The summed E-state index contributed by atoms with van der Waals surface area (Å²) >= 11 is 0. The normalized spacial score (nSPS) is 22.9. The first-order valence-electron chi connectivity index (χ1n) is 14.9. The number of benzene rings is 2. The van der Waals surface area contributed by atoms with Crippen LogP contribution in [0, 0.1) is 11.7 Å². The fourth-order valence-electron chi connectivity index (χ4n) is 6.98. The van der Waals surface area contributed by atoms with Gasteiger partial charge in [0.2, 0.25) is 11.8 Å². The van der Waals surface area contributed by atoms with Gasteiger partial charge in [-0.1, -0.05) is 31.4 Å². The van der Waals surface area contributed by atoms with Gasteiger partial charge in [-0.3, -0.25) is 24.6 Å². The van der Waals surface area contributed by atoms with Crippen LogP contribution in [-0.4, -0.2) is 53.3 Å². The van der Waals surface area contributed by atoms with Gasteiger partial charge in [0.05, 0.1) is 6.61 Å². The molecule has 0 radical (unpaired) electrons. The summed E-state index contributed by atoms with van der Waals surface area (Å²) < 4.78 is 20.9. The van der Waals surface area contributed by atoms with Crippen molar-refractivity contribution in [2.24, 2.45) is 5.92 Å². The Morgan fingerprint density at radius 3 is 2.52 bits per heavy atom. The standard InChI is InChI=1S/C32H38FN3O4/c33-24-16-26(28-19-36(32(39)27(28)17-24)29-9-10-30(37)34-31(29)38)23-11-13-35(14-12-23)18-22-7-4-8-25(15-22)40-20-21-5-2-1-3-6-21/h4,7-8,15-17,21,23,29H,1-3,5-6,9-14,18-20H2,(H,34,37,38). The molecule has 3 heterocycles. The molecule has 3 amide bonds. The van der Waals surface area contributed by atoms with Crippen LogP contribution in [0.3, 0.4) is 0 Å². The van der Waals surface area contributed by atoms with Crippen molar-refractivity contribution in [2.75, 3.05) is 19.7 Å². The SMILES string of the molecule is O=C1CCC(N2Cc3c(cc(F)cc3C3CCN(Cc4cccc(OCC5CCCCC5)c4)CC3)C2=O)C(=O)N1. The molecule has 40 heavy (non-hydrogen) atoms. The molecule has 0 spiro atoms. The minimum absolute atomic E-state index is 0.153. The van der Waals surface area contributed by atoms with Gasteiger partial charge in [0.25, 0.3) is 5.91 Å². The van der Waals surface area contributed by atoms with E-state index in [1.54, 1.807) is 6.07 Å². The molecule has 2 aromatic rings. The van der Waals surface area contributed by atoms with Crippen LogP contribution in [0.25, 0.3) is 0 Å². The first kappa shape index (κ1) is 26.9. The monoisotopic (exact) mass is 547 g/mol. The van der Waals surface area contributed by atoms with E-state index in [0.717, 1.165) is 56.0 Å². The van der Waals surface area contributed by atoms with Crippen LogP contribution < -0.4 is 10.1 Å². The second-order valence-corrected chi connectivity index (χ2v) is 11.9. The average molecular weight is 548 g/mol. The topological polar surface area (TPSA) is 79.0 Å². The van der Waals surface area contributed by atoms with E-state index in [-0.39, 0.29) is 30.7 Å². The number of hydrogen-bond donors (Lipinski definition) is 1. The molecule has 7 nitrogen and oxygen atoms in total. The molecular formula is C32H38FN3O4. The Balaban J connectivity index is 1.08. The number of hydrogen-bond acceptors (Lipinski definition) is 5. The van der Waals surface area contributed by atoms with Crippen molar-refractivity contribution < 1.29 is 23.5 Å². The largest absolute Gasteiger partial charge is 0.493 e. The molecule has 2 saturated heterocycles. The van der Waals surface area contributed by atoms with Gasteiger partial charge in [0.1, 0.15) is 17.6 Å². The molecule has 6 rings (SSSR count). The number of nitrogens with one attached hydrogen (secondary N) is 1. The maximum atomic E-state index is 14.7. The highest BCUT2D eigenvalue weighted by molar-refractivity contribution is 6.05. The Morgan fingerprint density at radius 1 is 0.950 bits per heavy atom. The maximum Gasteiger partial charge on any atom is 0.255 e. The highest BCUT2D eigenvalue weighted by Gasteiger charge is 2.41. The fraction of sp³-hybridized carbons (Fsp3) is 0.531. The minimum Gasteiger partial charge on any atom is -0.493 e. The Kier molecular flexibility index (Phi) is 7.87. The summed E-state index contributed by atoms with van der Waals surface area (Å²) in [4.78, 5) is 41.2. The number of imide groups is 1. The molecule has 3 fully saturated rings. The van der Waals surface area contributed by atoms with Crippen molar-refractivity contribution >= 4 is 17.7 Å². The molecule has 4 aliphatic rings. The zero-order valence-corrected chi connectivity index (χ0v) is 23.0. The Hall–Kier alpha value is -3.26. The number of piperidine rings is 2. The highest BCUT2D eigenvalue weighted by atomic mass is 19.1. The summed E-state index contributed by atoms with van der Waals surface area (Å²) in [5, 5.41) is 2.33. The highest BCUT2D eigenvalue weighted by Crippen LogP contribution is 2.38. The number of amides is 3. The predicted octanol–water partition coefficient (Wildman–Crippen LogP) is 4.93. The second-order valence-electron chi connectivity index (χ2n) is 11.9. The number of rotatable bonds is 7. The lowest BCUT2D eigenvalue weighted by Crippen LogP contribution is -2.52. The van der Waals surface area contributed by atoms with Gasteiger partial charge in [0.15, 0.2) is 0 Å². The third-order valence-electron chi connectivity index (χ3n) is 9.20. The number of ether oxygens (including phenoxy) is 1. The molecular weight excluding hydrogens is 509 g/mol. The smallest absolute Gasteiger partial charge is 0.255 e. The van der Waals surface area contributed by atoms with Crippen molar-refractivity contribution in [3.63, 3.8) is 0 Å². The first-order valence-corrected chi connectivity index (χ1v) is 14.9. The lowest BCUT2D eigenvalue weighted by molar-refractivity contribution is -0.136. The van der Waals surface area contributed by atoms with E-state index < -0.39 is 17.8 Å². The van der Waals surface area contributed by atoms with E-state index >= 15 is 0 Å². The summed E-state index contributed by atoms with van der Waals surface area (Å²) in [6.45, 7) is 3.69. The number of carbonyl (C=O) groups is 3. The van der Waals surface area contributed by atoms with E-state index in [1.807, 2.05) is 6.07 Å². The molecule has 2 aromatic carbocycles. The van der Waals surface area contributed by atoms with Crippen LogP contribution in [0.2, 0.25) is 0 Å². The number of fused-ring (bicyclic) bond motifs is 1. The van der Waals surface area contributed by atoms with Crippen molar-refractivity contribution in [3.05, 3.63) is 64.5 Å². The first-order chi connectivity index (χ1) is 19.4. The van der Waals surface area contributed by atoms with Crippen LogP contribution in [-0.2, 0) is 22.7 Å². The molecule has 3 aliphatic heterocycles. The fourth-order valence-corrected chi connectivity index (χ4v) is 6.98. The van der Waals surface area contributed by atoms with E-state index in [0.29, 0.717) is 17.9 Å². The van der Waals surface area contributed by atoms with E-state index in [2.05, 4.69) is 28.4 Å². The number of halogens is 1. The lowest BCUT2D eigenvalue weighted by atomic mass is 9.85. The van der Waals surface area contributed by atoms with Crippen molar-refractivity contribution in [2.45, 2.75) is 82.8 Å². The molecule has 0 bridgehead atoms. The third-order valence-corrected chi connectivity index (χ3v) is 9.20. The lowest BCUT2D eigenvalue weighted by Gasteiger charge is -2.33. The Bertz CT molecular complexity index is 1280. The van der Waals surface area contributed by atoms with Crippen LogP contribution in [0.4, 0.5) is 4.39 Å². The third kappa shape index (κ3) is 5.78. The molecule has 8 heteroatoms. The van der Waals surface area contributed by atoms with Gasteiger partial charge in [-0.15, -0.1) is 0 Å². The Labute approximate surface area is 235 Å². The van der Waals surface area contributed by atoms with E-state index in [9.17, 15) is 18.8 Å². The van der Waals surface area contributed by atoms with Crippen molar-refractivity contribution in [1.82, 2.24) is 15.1 Å². The quantitative estimate of drug-likeness (QED) is 0.498. The Morgan fingerprint density at radius 2 is 1.75 bits per heavy atom. The van der Waals surface area contributed by atoms with E-state index in [1.165, 1.54) is 48.6 Å². The molecule has 1 atom stereocenters. The molecule has 1 N–H and O–H groups in total. The van der Waals surface area contributed by atoms with Crippen LogP contribution in [0.5, 0.6) is 5.75 Å². The van der Waals surface area contributed by atoms with Crippen LogP contribution >= 0.6 is 0 Å². The van der Waals surface area contributed by atoms with Crippen LogP contribution in [0.1, 0.15) is 90.8 Å². The minimum atomic E-state index is -0.697. The molecule has 1 aliphatic carbocycles. The summed E-state index contributed by atoms with van der Waals surface area (Å²) in [6.07, 6.45) is 8.77. The van der Waals surface area contributed by atoms with Gasteiger partial charge < -0.3 is 9.64 Å². The number of likely N-dealkylation sites (tertiary alicyclic amines) is 1. The molecule has 212 valence electrons. The van der Waals surface area contributed by atoms with Gasteiger partial charge in [-0.2, -0.15) is 0 Å². The maximum absolute atomic E-state index is 14.7. The van der Waals surface area contributed by atoms with Gasteiger partial charge in [-0.25, -0.2) is 4.39 Å². The predicted molar refractivity (Wildman–Crippen MR) is 148 cm³/mol. The van der Waals surface area contributed by atoms with Gasteiger partial charge in [0, 0.05) is 25.1 Å². The number of carbonyl (C=O) groups excluding carboxylic acids is 3. The molecule has 1 unspecified atom stereocenters. The molecule has 1 saturated carbocycles.